The minimum Gasteiger partial charge on any atom is -0.479 e. The van der Waals surface area contributed by atoms with Crippen LogP contribution in [0.3, 0.4) is 0 Å². The van der Waals surface area contributed by atoms with Gasteiger partial charge < -0.3 is 9.64 Å². The lowest BCUT2D eigenvalue weighted by molar-refractivity contribution is 0.400. The maximum atomic E-state index is 11.9. The van der Waals surface area contributed by atoms with Crippen LogP contribution >= 0.6 is 11.6 Å². The quantitative estimate of drug-likeness (QED) is 0.773. The summed E-state index contributed by atoms with van der Waals surface area (Å²) in [5, 5.41) is 0. The van der Waals surface area contributed by atoms with E-state index in [1.54, 1.807) is 17.2 Å². The van der Waals surface area contributed by atoms with E-state index in [1.165, 1.54) is 7.11 Å². The average molecular weight is 308 g/mol. The highest BCUT2D eigenvalue weighted by Gasteiger charge is 2.18. The van der Waals surface area contributed by atoms with Gasteiger partial charge in [0.2, 0.25) is 15.9 Å². The van der Waals surface area contributed by atoms with E-state index < -0.39 is 10.0 Å². The second-order valence-corrected chi connectivity index (χ2v) is 6.29. The van der Waals surface area contributed by atoms with Gasteiger partial charge in [-0.15, -0.1) is 11.6 Å². The summed E-state index contributed by atoms with van der Waals surface area (Å²) < 4.78 is 31.5. The van der Waals surface area contributed by atoms with E-state index in [9.17, 15) is 8.42 Å². The van der Waals surface area contributed by atoms with Gasteiger partial charge in [-0.2, -0.15) is 0 Å². The minimum atomic E-state index is -3.47. The van der Waals surface area contributed by atoms with Crippen molar-refractivity contribution in [2.45, 2.75) is 6.42 Å². The molecular weight excluding hydrogens is 290 g/mol. The summed E-state index contributed by atoms with van der Waals surface area (Å²) in [4.78, 5) is 5.78. The number of nitrogens with zero attached hydrogens (tertiary/aromatic N) is 2. The molecule has 0 aromatic carbocycles. The highest BCUT2D eigenvalue weighted by atomic mass is 35.5. The third kappa shape index (κ3) is 4.43. The third-order valence-electron chi connectivity index (χ3n) is 2.37. The molecule has 1 aromatic rings. The molecule has 0 aliphatic heterocycles. The van der Waals surface area contributed by atoms with E-state index in [2.05, 4.69) is 9.71 Å². The van der Waals surface area contributed by atoms with E-state index >= 15 is 0 Å². The Labute approximate surface area is 118 Å². The summed E-state index contributed by atoms with van der Waals surface area (Å²) in [6, 6.07) is 1.71. The molecule has 1 aromatic heterocycles. The zero-order chi connectivity index (χ0) is 14.5. The number of hydrogen-bond acceptors (Lipinski definition) is 5. The minimum absolute atomic E-state index is 0.0403. The summed E-state index contributed by atoms with van der Waals surface area (Å²) in [5.74, 6) is 0.494. The van der Waals surface area contributed by atoms with Crippen molar-refractivity contribution in [3.05, 3.63) is 12.3 Å². The first kappa shape index (κ1) is 15.8. The van der Waals surface area contributed by atoms with Gasteiger partial charge in [0.25, 0.3) is 0 Å². The van der Waals surface area contributed by atoms with Crippen LogP contribution in [0.15, 0.2) is 12.3 Å². The van der Waals surface area contributed by atoms with Crippen LogP contribution in [0.5, 0.6) is 5.88 Å². The number of pyridine rings is 1. The van der Waals surface area contributed by atoms with E-state index in [0.29, 0.717) is 23.7 Å². The molecule has 6 nitrogen and oxygen atoms in total. The van der Waals surface area contributed by atoms with E-state index in [0.717, 1.165) is 0 Å². The molecule has 0 unspecified atom stereocenters. The highest BCUT2D eigenvalue weighted by molar-refractivity contribution is 7.92. The van der Waals surface area contributed by atoms with Crippen molar-refractivity contribution in [1.82, 2.24) is 4.98 Å². The predicted octanol–water partition coefficient (Wildman–Crippen LogP) is 1.53. The first-order chi connectivity index (χ1) is 8.91. The standard InChI is InChI=1S/C11H18ClN3O3S/c1-15(2)9-5-7-13-11(18-3)10(9)14-19(16,17)8-4-6-12/h5,7,14H,4,6,8H2,1-3H3. The van der Waals surface area contributed by atoms with Gasteiger partial charge in [-0.25, -0.2) is 13.4 Å². The first-order valence-electron chi connectivity index (χ1n) is 5.68. The fourth-order valence-corrected chi connectivity index (χ4v) is 2.93. The van der Waals surface area contributed by atoms with Crippen molar-refractivity contribution < 1.29 is 13.2 Å². The molecule has 0 saturated heterocycles. The third-order valence-corrected chi connectivity index (χ3v) is 3.98. The van der Waals surface area contributed by atoms with Crippen LogP contribution < -0.4 is 14.4 Å². The molecule has 0 aliphatic rings. The fourth-order valence-electron chi connectivity index (χ4n) is 1.51. The lowest BCUT2D eigenvalue weighted by atomic mass is 10.3. The number of halogens is 1. The zero-order valence-corrected chi connectivity index (χ0v) is 12.8. The molecular formula is C11H18ClN3O3S. The number of anilines is 2. The Kier molecular flexibility index (Phi) is 5.68. The van der Waals surface area contributed by atoms with Gasteiger partial charge >= 0.3 is 0 Å². The molecule has 0 radical (unpaired) electrons. The van der Waals surface area contributed by atoms with Crippen LogP contribution in [0, 0.1) is 0 Å². The molecule has 0 saturated carbocycles. The van der Waals surface area contributed by atoms with E-state index in [1.807, 2.05) is 14.1 Å². The van der Waals surface area contributed by atoms with Crippen molar-refractivity contribution in [2.24, 2.45) is 0 Å². The molecule has 0 atom stereocenters. The van der Waals surface area contributed by atoms with Crippen LogP contribution in [0.1, 0.15) is 6.42 Å². The number of nitrogens with one attached hydrogen (secondary N) is 1. The van der Waals surface area contributed by atoms with Crippen molar-refractivity contribution in [3.8, 4) is 5.88 Å². The zero-order valence-electron chi connectivity index (χ0n) is 11.2. The number of rotatable bonds is 7. The molecule has 0 bridgehead atoms. The van der Waals surface area contributed by atoms with Crippen LogP contribution in [-0.4, -0.2) is 46.2 Å². The Hall–Kier alpha value is -1.21. The molecule has 0 amide bonds. The average Bonchev–Trinajstić information content (AvgIpc) is 2.36. The van der Waals surface area contributed by atoms with Gasteiger partial charge in [0.15, 0.2) is 0 Å². The highest BCUT2D eigenvalue weighted by Crippen LogP contribution is 2.32. The predicted molar refractivity (Wildman–Crippen MR) is 77.9 cm³/mol. The van der Waals surface area contributed by atoms with Gasteiger partial charge in [0.05, 0.1) is 18.6 Å². The first-order valence-corrected chi connectivity index (χ1v) is 7.86. The van der Waals surface area contributed by atoms with Gasteiger partial charge in [-0.05, 0) is 12.5 Å². The molecule has 0 aliphatic carbocycles. The van der Waals surface area contributed by atoms with Gasteiger partial charge in [0, 0.05) is 26.2 Å². The van der Waals surface area contributed by atoms with E-state index in [-0.39, 0.29) is 11.6 Å². The number of alkyl halides is 1. The normalized spacial score (nSPS) is 11.2. The largest absolute Gasteiger partial charge is 0.479 e. The van der Waals surface area contributed by atoms with Crippen LogP contribution in [0.2, 0.25) is 0 Å². The lowest BCUT2D eigenvalue weighted by Crippen LogP contribution is -2.20. The Morgan fingerprint density at radius 1 is 1.47 bits per heavy atom. The second-order valence-electron chi connectivity index (χ2n) is 4.07. The number of methoxy groups -OCH3 is 1. The molecule has 8 heteroatoms. The van der Waals surface area contributed by atoms with Gasteiger partial charge in [0.1, 0.15) is 5.69 Å². The summed E-state index contributed by atoms with van der Waals surface area (Å²) in [5.41, 5.74) is 1.02. The second kappa shape index (κ2) is 6.81. The van der Waals surface area contributed by atoms with Gasteiger partial charge in [-0.1, -0.05) is 0 Å². The summed E-state index contributed by atoms with van der Waals surface area (Å²) in [6.07, 6.45) is 1.95. The topological polar surface area (TPSA) is 71.5 Å². The summed E-state index contributed by atoms with van der Waals surface area (Å²) in [7, 11) is 1.60. The Balaban J connectivity index is 3.11. The van der Waals surface area contributed by atoms with Crippen molar-refractivity contribution in [1.29, 1.82) is 0 Å². The molecule has 1 heterocycles. The Morgan fingerprint density at radius 3 is 2.68 bits per heavy atom. The molecule has 0 fully saturated rings. The number of aromatic nitrogens is 1. The molecule has 1 N–H and O–H groups in total. The molecule has 19 heavy (non-hydrogen) atoms. The maximum absolute atomic E-state index is 11.9. The van der Waals surface area contributed by atoms with Crippen molar-refractivity contribution in [2.75, 3.05) is 42.5 Å². The van der Waals surface area contributed by atoms with Crippen LogP contribution in [0.25, 0.3) is 0 Å². The summed E-state index contributed by atoms with van der Waals surface area (Å²) in [6.45, 7) is 0. The maximum Gasteiger partial charge on any atom is 0.240 e. The van der Waals surface area contributed by atoms with Crippen LogP contribution in [0.4, 0.5) is 11.4 Å². The number of sulfonamides is 1. The fraction of sp³-hybridized carbons (Fsp3) is 0.545. The Bertz CT molecular complexity index is 520. The van der Waals surface area contributed by atoms with Crippen molar-refractivity contribution >= 4 is 33.0 Å². The SMILES string of the molecule is COc1nccc(N(C)C)c1NS(=O)(=O)CCCCl. The lowest BCUT2D eigenvalue weighted by Gasteiger charge is -2.19. The number of hydrogen-bond donors (Lipinski definition) is 1. The van der Waals surface area contributed by atoms with E-state index in [4.69, 9.17) is 16.3 Å². The van der Waals surface area contributed by atoms with Crippen LogP contribution in [-0.2, 0) is 10.0 Å². The monoisotopic (exact) mass is 307 g/mol. The molecule has 0 spiro atoms. The molecule has 1 rings (SSSR count). The molecule has 108 valence electrons. The summed E-state index contributed by atoms with van der Waals surface area (Å²) >= 11 is 5.51. The number of ether oxygens (including phenoxy) is 1. The van der Waals surface area contributed by atoms with Crippen molar-refractivity contribution in [3.63, 3.8) is 0 Å². The Morgan fingerprint density at radius 2 is 2.16 bits per heavy atom. The smallest absolute Gasteiger partial charge is 0.240 e. The van der Waals surface area contributed by atoms with Gasteiger partial charge in [-0.3, -0.25) is 4.72 Å².